The second kappa shape index (κ2) is 4.05. The molecule has 3 fully saturated rings. The number of hydrogen-bond donors (Lipinski definition) is 1. The third-order valence-corrected chi connectivity index (χ3v) is 8.24. The van der Waals surface area contributed by atoms with Gasteiger partial charge in [-0.15, -0.1) is 0 Å². The van der Waals surface area contributed by atoms with Crippen LogP contribution in [0.4, 0.5) is 0 Å². The van der Waals surface area contributed by atoms with Gasteiger partial charge in [-0.25, -0.2) is 0 Å². The van der Waals surface area contributed by atoms with Gasteiger partial charge in [-0.3, -0.25) is 4.79 Å². The Kier molecular flexibility index (Phi) is 2.46. The van der Waals surface area contributed by atoms with Gasteiger partial charge in [0.2, 0.25) is 0 Å². The molecule has 0 aromatic heterocycles. The van der Waals surface area contributed by atoms with Gasteiger partial charge in [-0.1, -0.05) is 58.4 Å². The number of carboxylic acids is 1. The number of halogens is 1. The number of aliphatic carboxylic acids is 1. The fraction of sp³-hybridized carbons (Fsp3) is 0.526. The first kappa shape index (κ1) is 13.4. The standard InChI is InChI=1S/C19H19BrO2/c20-15-9-13-8-14(15)16-11-6-7-18(10-11,19(13,16)17(21)22)12-4-2-1-3-5-12/h1-7,11,13-16H,8-10H2,(H,21,22). The lowest BCUT2D eigenvalue weighted by Crippen LogP contribution is -2.55. The molecule has 0 spiro atoms. The molecule has 114 valence electrons. The van der Waals surface area contributed by atoms with Crippen LogP contribution < -0.4 is 0 Å². The Morgan fingerprint density at radius 3 is 2.73 bits per heavy atom. The minimum absolute atomic E-state index is 0.290. The lowest BCUT2D eigenvalue weighted by atomic mass is 9.52. The highest BCUT2D eigenvalue weighted by molar-refractivity contribution is 9.09. The fourth-order valence-electron chi connectivity index (χ4n) is 6.73. The summed E-state index contributed by atoms with van der Waals surface area (Å²) >= 11 is 3.83. The van der Waals surface area contributed by atoms with Crippen molar-refractivity contribution in [1.29, 1.82) is 0 Å². The van der Waals surface area contributed by atoms with E-state index in [2.05, 4.69) is 52.3 Å². The molecule has 0 heterocycles. The molecule has 7 atom stereocenters. The number of rotatable bonds is 2. The molecule has 0 saturated heterocycles. The highest BCUT2D eigenvalue weighted by Gasteiger charge is 2.78. The lowest BCUT2D eigenvalue weighted by molar-refractivity contribution is -0.159. The van der Waals surface area contributed by atoms with E-state index in [9.17, 15) is 9.90 Å². The van der Waals surface area contributed by atoms with Crippen LogP contribution in [-0.4, -0.2) is 15.9 Å². The first-order valence-corrected chi connectivity index (χ1v) is 9.15. The molecule has 4 bridgehead atoms. The van der Waals surface area contributed by atoms with Crippen molar-refractivity contribution < 1.29 is 9.90 Å². The Balaban J connectivity index is 1.77. The van der Waals surface area contributed by atoms with Crippen molar-refractivity contribution in [3.8, 4) is 0 Å². The van der Waals surface area contributed by atoms with Gasteiger partial charge in [-0.2, -0.15) is 0 Å². The molecular formula is C19H19BrO2. The first-order valence-electron chi connectivity index (χ1n) is 8.23. The van der Waals surface area contributed by atoms with E-state index in [1.165, 1.54) is 5.56 Å². The second-order valence-electron chi connectivity index (χ2n) is 7.61. The second-order valence-corrected chi connectivity index (χ2v) is 8.79. The number of fused-ring (bicyclic) bond motifs is 9. The van der Waals surface area contributed by atoms with Crippen LogP contribution in [0.5, 0.6) is 0 Å². The fourth-order valence-corrected chi connectivity index (χ4v) is 7.73. The average Bonchev–Trinajstić information content (AvgIpc) is 3.24. The number of allylic oxidation sites excluding steroid dienone is 2. The van der Waals surface area contributed by atoms with Gasteiger partial charge in [0, 0.05) is 10.2 Å². The predicted molar refractivity (Wildman–Crippen MR) is 87.9 cm³/mol. The van der Waals surface area contributed by atoms with Gasteiger partial charge in [0.25, 0.3) is 0 Å². The maximum absolute atomic E-state index is 12.6. The van der Waals surface area contributed by atoms with E-state index in [1.807, 2.05) is 6.07 Å². The summed E-state index contributed by atoms with van der Waals surface area (Å²) < 4.78 is 0. The quantitative estimate of drug-likeness (QED) is 0.492. The van der Waals surface area contributed by atoms with Crippen molar-refractivity contribution >= 4 is 21.9 Å². The zero-order valence-electron chi connectivity index (χ0n) is 12.3. The third-order valence-electron chi connectivity index (χ3n) is 7.19. The highest BCUT2D eigenvalue weighted by atomic mass is 79.9. The van der Waals surface area contributed by atoms with E-state index in [0.29, 0.717) is 28.5 Å². The number of alkyl halides is 1. The summed E-state index contributed by atoms with van der Waals surface area (Å²) in [7, 11) is 0. The van der Waals surface area contributed by atoms with Gasteiger partial charge in [0.1, 0.15) is 0 Å². The predicted octanol–water partition coefficient (Wildman–Crippen LogP) is 4.00. The average molecular weight is 359 g/mol. The van der Waals surface area contributed by atoms with Crippen LogP contribution in [0.2, 0.25) is 0 Å². The highest BCUT2D eigenvalue weighted by Crippen LogP contribution is 2.77. The van der Waals surface area contributed by atoms with Crippen molar-refractivity contribution in [2.45, 2.75) is 29.5 Å². The van der Waals surface area contributed by atoms with Crippen LogP contribution in [0.25, 0.3) is 0 Å². The zero-order valence-corrected chi connectivity index (χ0v) is 13.9. The summed E-state index contributed by atoms with van der Waals surface area (Å²) in [5, 5.41) is 10.4. The number of carboxylic acid groups (broad SMARTS) is 1. The maximum Gasteiger partial charge on any atom is 0.311 e. The molecule has 22 heavy (non-hydrogen) atoms. The molecule has 0 aliphatic heterocycles. The Labute approximate surface area is 138 Å². The van der Waals surface area contributed by atoms with Gasteiger partial charge < -0.3 is 5.11 Å². The summed E-state index contributed by atoms with van der Waals surface area (Å²) in [6.07, 6.45) is 7.66. The van der Waals surface area contributed by atoms with Crippen molar-refractivity contribution in [3.05, 3.63) is 48.0 Å². The largest absolute Gasteiger partial charge is 0.481 e. The summed E-state index contributed by atoms with van der Waals surface area (Å²) in [6, 6.07) is 10.4. The molecular weight excluding hydrogens is 340 g/mol. The smallest absolute Gasteiger partial charge is 0.311 e. The molecule has 3 heteroatoms. The number of carbonyl (C=O) groups is 1. The Bertz CT molecular complexity index is 684. The normalized spacial score (nSPS) is 50.5. The molecule has 4 aliphatic carbocycles. The van der Waals surface area contributed by atoms with Crippen LogP contribution in [0.15, 0.2) is 42.5 Å². The van der Waals surface area contributed by atoms with Crippen LogP contribution in [-0.2, 0) is 10.2 Å². The third kappa shape index (κ3) is 1.21. The molecule has 7 unspecified atom stereocenters. The van der Waals surface area contributed by atoms with Crippen LogP contribution in [0, 0.1) is 29.1 Å². The molecule has 1 aromatic carbocycles. The molecule has 0 radical (unpaired) electrons. The van der Waals surface area contributed by atoms with E-state index >= 15 is 0 Å². The van der Waals surface area contributed by atoms with Crippen molar-refractivity contribution in [2.24, 2.45) is 29.1 Å². The van der Waals surface area contributed by atoms with E-state index in [4.69, 9.17) is 0 Å². The van der Waals surface area contributed by atoms with E-state index in [1.54, 1.807) is 0 Å². The van der Waals surface area contributed by atoms with E-state index < -0.39 is 11.4 Å². The van der Waals surface area contributed by atoms with Crippen molar-refractivity contribution in [2.75, 3.05) is 0 Å². The summed E-state index contributed by atoms with van der Waals surface area (Å²) in [6.45, 7) is 0. The Morgan fingerprint density at radius 1 is 1.23 bits per heavy atom. The Hall–Kier alpha value is -1.09. The Morgan fingerprint density at radius 2 is 2.00 bits per heavy atom. The topological polar surface area (TPSA) is 37.3 Å². The first-order chi connectivity index (χ1) is 10.6. The maximum atomic E-state index is 12.6. The van der Waals surface area contributed by atoms with Gasteiger partial charge in [0.15, 0.2) is 0 Å². The van der Waals surface area contributed by atoms with Gasteiger partial charge in [0.05, 0.1) is 5.41 Å². The SMILES string of the molecule is O=C(O)C12C3CC(Br)C(C3)C1C1C=CC2(c2ccccc2)C1. The molecule has 2 nitrogen and oxygen atoms in total. The molecule has 1 N–H and O–H groups in total. The van der Waals surface area contributed by atoms with Crippen molar-refractivity contribution in [1.82, 2.24) is 0 Å². The summed E-state index contributed by atoms with van der Waals surface area (Å²) in [5.41, 5.74) is 0.336. The van der Waals surface area contributed by atoms with Crippen LogP contribution >= 0.6 is 15.9 Å². The molecule has 1 aromatic rings. The van der Waals surface area contributed by atoms with Gasteiger partial charge >= 0.3 is 5.97 Å². The molecule has 5 rings (SSSR count). The molecule has 0 amide bonds. The number of hydrogen-bond acceptors (Lipinski definition) is 1. The number of benzene rings is 1. The molecule has 4 aliphatic rings. The zero-order chi connectivity index (χ0) is 15.1. The molecule has 3 saturated carbocycles. The summed E-state index contributed by atoms with van der Waals surface area (Å²) in [5.74, 6) is 1.02. The van der Waals surface area contributed by atoms with E-state index in [0.717, 1.165) is 19.3 Å². The minimum atomic E-state index is -0.581. The minimum Gasteiger partial charge on any atom is -0.481 e. The monoisotopic (exact) mass is 358 g/mol. The van der Waals surface area contributed by atoms with E-state index in [-0.39, 0.29) is 5.41 Å². The van der Waals surface area contributed by atoms with Crippen LogP contribution in [0.1, 0.15) is 24.8 Å². The summed E-state index contributed by atoms with van der Waals surface area (Å²) in [4.78, 5) is 13.1. The van der Waals surface area contributed by atoms with Crippen LogP contribution in [0.3, 0.4) is 0 Å². The van der Waals surface area contributed by atoms with Crippen molar-refractivity contribution in [3.63, 3.8) is 0 Å². The lowest BCUT2D eigenvalue weighted by Gasteiger charge is -2.49. The van der Waals surface area contributed by atoms with Gasteiger partial charge in [-0.05, 0) is 48.5 Å².